The Morgan fingerprint density at radius 1 is 1.52 bits per heavy atom. The number of nitrogens with zero attached hydrogens (tertiary/aromatic N) is 2. The van der Waals surface area contributed by atoms with Crippen molar-refractivity contribution in [3.8, 4) is 5.75 Å². The number of nitro groups is 1. The fourth-order valence-electron chi connectivity index (χ4n) is 2.27. The van der Waals surface area contributed by atoms with Gasteiger partial charge in [-0.2, -0.15) is 0 Å². The highest BCUT2D eigenvalue weighted by Crippen LogP contribution is 2.28. The molecule has 1 aliphatic rings. The first-order chi connectivity index (χ1) is 9.52. The van der Waals surface area contributed by atoms with Crippen molar-refractivity contribution in [2.75, 3.05) is 26.7 Å². The van der Waals surface area contributed by atoms with Gasteiger partial charge in [-0.1, -0.05) is 0 Å². The maximum Gasteiger partial charge on any atom is 0.311 e. The molecule has 8 heteroatoms. The zero-order chi connectivity index (χ0) is 14.7. The summed E-state index contributed by atoms with van der Waals surface area (Å²) >= 11 is 0. The van der Waals surface area contributed by atoms with E-state index in [1.807, 2.05) is 6.92 Å². The normalized spacial score (nSPS) is 17.8. The van der Waals surface area contributed by atoms with Gasteiger partial charge in [-0.3, -0.25) is 14.9 Å². The molecule has 1 aliphatic heterocycles. The van der Waals surface area contributed by atoms with Crippen LogP contribution in [0.1, 0.15) is 17.3 Å². The van der Waals surface area contributed by atoms with Crippen molar-refractivity contribution in [3.05, 3.63) is 33.9 Å². The van der Waals surface area contributed by atoms with Crippen LogP contribution in [0.4, 0.5) is 5.69 Å². The topological polar surface area (TPSA) is 84.7 Å². The zero-order valence-corrected chi connectivity index (χ0v) is 12.7. The summed E-state index contributed by atoms with van der Waals surface area (Å²) in [5.74, 6) is -0.0377. The van der Waals surface area contributed by atoms with Crippen LogP contribution in [0.2, 0.25) is 0 Å². The zero-order valence-electron chi connectivity index (χ0n) is 11.9. The number of rotatable bonds is 3. The molecule has 0 radical (unpaired) electrons. The molecule has 1 aromatic rings. The number of piperazine rings is 1. The first kappa shape index (κ1) is 17.2. The second-order valence-corrected chi connectivity index (χ2v) is 4.75. The molecule has 7 nitrogen and oxygen atoms in total. The molecule has 1 heterocycles. The van der Waals surface area contributed by atoms with Gasteiger partial charge in [0, 0.05) is 37.3 Å². The van der Waals surface area contributed by atoms with Gasteiger partial charge in [0.1, 0.15) is 0 Å². The van der Waals surface area contributed by atoms with Crippen molar-refractivity contribution in [3.63, 3.8) is 0 Å². The fourth-order valence-corrected chi connectivity index (χ4v) is 2.27. The van der Waals surface area contributed by atoms with Crippen molar-refractivity contribution in [2.45, 2.75) is 13.0 Å². The van der Waals surface area contributed by atoms with Crippen LogP contribution < -0.4 is 10.1 Å². The predicted octanol–water partition coefficient (Wildman–Crippen LogP) is 1.46. The Kier molecular flexibility index (Phi) is 5.92. The van der Waals surface area contributed by atoms with Crippen LogP contribution in [0, 0.1) is 10.1 Å². The largest absolute Gasteiger partial charge is 0.490 e. The lowest BCUT2D eigenvalue weighted by atomic mass is 10.1. The van der Waals surface area contributed by atoms with Gasteiger partial charge in [-0.25, -0.2) is 0 Å². The van der Waals surface area contributed by atoms with E-state index in [0.717, 1.165) is 6.54 Å². The molecule has 2 rings (SSSR count). The SMILES string of the molecule is COc1ccc(C(=O)N2CCN[C@@H](C)C2)cc1[N+](=O)[O-].Cl. The van der Waals surface area contributed by atoms with E-state index in [4.69, 9.17) is 4.74 Å². The van der Waals surface area contributed by atoms with Crippen LogP contribution in [0.5, 0.6) is 5.75 Å². The molecule has 0 spiro atoms. The Balaban J connectivity index is 0.00000220. The van der Waals surface area contributed by atoms with Gasteiger partial charge in [-0.05, 0) is 19.1 Å². The molecule has 1 saturated heterocycles. The summed E-state index contributed by atoms with van der Waals surface area (Å²) in [5.41, 5.74) is 0.119. The third-order valence-electron chi connectivity index (χ3n) is 3.28. The van der Waals surface area contributed by atoms with Crippen LogP contribution in [0.25, 0.3) is 0 Å². The van der Waals surface area contributed by atoms with E-state index >= 15 is 0 Å². The van der Waals surface area contributed by atoms with E-state index in [2.05, 4.69) is 5.32 Å². The summed E-state index contributed by atoms with van der Waals surface area (Å²) in [5, 5.41) is 14.2. The molecule has 0 aliphatic carbocycles. The molecule has 1 fully saturated rings. The average Bonchev–Trinajstić information content (AvgIpc) is 2.45. The lowest BCUT2D eigenvalue weighted by Crippen LogP contribution is -2.51. The minimum absolute atomic E-state index is 0. The summed E-state index contributed by atoms with van der Waals surface area (Å²) in [4.78, 5) is 24.5. The monoisotopic (exact) mass is 315 g/mol. The summed E-state index contributed by atoms with van der Waals surface area (Å²) in [7, 11) is 1.36. The Morgan fingerprint density at radius 3 is 2.81 bits per heavy atom. The van der Waals surface area contributed by atoms with E-state index in [-0.39, 0.29) is 35.8 Å². The van der Waals surface area contributed by atoms with Crippen LogP contribution in [-0.2, 0) is 0 Å². The maximum absolute atomic E-state index is 12.4. The van der Waals surface area contributed by atoms with Gasteiger partial charge in [0.05, 0.1) is 12.0 Å². The van der Waals surface area contributed by atoms with E-state index in [1.165, 1.54) is 19.2 Å². The lowest BCUT2D eigenvalue weighted by molar-refractivity contribution is -0.385. The van der Waals surface area contributed by atoms with Crippen LogP contribution in [-0.4, -0.2) is 48.5 Å². The van der Waals surface area contributed by atoms with Gasteiger partial charge in [0.2, 0.25) is 0 Å². The molecule has 0 saturated carbocycles. The molecule has 21 heavy (non-hydrogen) atoms. The number of halogens is 1. The number of carbonyl (C=O) groups is 1. The molecule has 0 unspecified atom stereocenters. The number of nitrogens with one attached hydrogen (secondary N) is 1. The van der Waals surface area contributed by atoms with E-state index in [0.29, 0.717) is 18.7 Å². The standard InChI is InChI=1S/C13H17N3O4.ClH/c1-9-8-15(6-5-14-9)13(17)10-3-4-12(20-2)11(7-10)16(18)19;/h3-4,7,9,14H,5-6,8H2,1-2H3;1H/t9-;/m0./s1. The minimum atomic E-state index is -0.546. The second kappa shape index (κ2) is 7.24. The number of methoxy groups -OCH3 is 1. The highest BCUT2D eigenvalue weighted by atomic mass is 35.5. The third kappa shape index (κ3) is 3.83. The Morgan fingerprint density at radius 2 is 2.24 bits per heavy atom. The molecule has 0 bridgehead atoms. The molecule has 1 amide bonds. The van der Waals surface area contributed by atoms with Gasteiger partial charge < -0.3 is 15.0 Å². The minimum Gasteiger partial charge on any atom is -0.490 e. The Labute approximate surface area is 128 Å². The van der Waals surface area contributed by atoms with Crippen LogP contribution in [0.15, 0.2) is 18.2 Å². The van der Waals surface area contributed by atoms with Gasteiger partial charge in [0.15, 0.2) is 5.75 Å². The van der Waals surface area contributed by atoms with Crippen molar-refractivity contribution >= 4 is 24.0 Å². The molecular formula is C13H18ClN3O4. The van der Waals surface area contributed by atoms with Crippen molar-refractivity contribution < 1.29 is 14.5 Å². The number of amides is 1. The number of ether oxygens (including phenoxy) is 1. The molecule has 1 aromatic carbocycles. The number of hydrogen-bond donors (Lipinski definition) is 1. The third-order valence-corrected chi connectivity index (χ3v) is 3.28. The Hall–Kier alpha value is -1.86. The average molecular weight is 316 g/mol. The smallest absolute Gasteiger partial charge is 0.311 e. The number of carbonyl (C=O) groups excluding carboxylic acids is 1. The molecule has 1 N–H and O–H groups in total. The van der Waals surface area contributed by atoms with Crippen molar-refractivity contribution in [2.24, 2.45) is 0 Å². The highest BCUT2D eigenvalue weighted by Gasteiger charge is 2.24. The van der Waals surface area contributed by atoms with Gasteiger partial charge >= 0.3 is 5.69 Å². The maximum atomic E-state index is 12.4. The summed E-state index contributed by atoms with van der Waals surface area (Å²) in [6.07, 6.45) is 0. The van der Waals surface area contributed by atoms with Crippen molar-refractivity contribution in [1.29, 1.82) is 0 Å². The number of benzene rings is 1. The van der Waals surface area contributed by atoms with E-state index in [9.17, 15) is 14.9 Å². The first-order valence-electron chi connectivity index (χ1n) is 6.38. The summed E-state index contributed by atoms with van der Waals surface area (Å²) in [6, 6.07) is 4.51. The van der Waals surface area contributed by atoms with Gasteiger partial charge in [-0.15, -0.1) is 12.4 Å². The van der Waals surface area contributed by atoms with E-state index < -0.39 is 4.92 Å². The van der Waals surface area contributed by atoms with Crippen LogP contribution >= 0.6 is 12.4 Å². The second-order valence-electron chi connectivity index (χ2n) is 4.75. The predicted molar refractivity (Wildman–Crippen MR) is 80.3 cm³/mol. The fraction of sp³-hybridized carbons (Fsp3) is 0.462. The number of nitro benzene ring substituents is 1. The number of hydrogen-bond acceptors (Lipinski definition) is 5. The quantitative estimate of drug-likeness (QED) is 0.674. The summed E-state index contributed by atoms with van der Waals surface area (Å²) < 4.78 is 4.93. The van der Waals surface area contributed by atoms with Crippen LogP contribution in [0.3, 0.4) is 0 Å². The highest BCUT2D eigenvalue weighted by molar-refractivity contribution is 5.95. The molecule has 1 atom stereocenters. The van der Waals surface area contributed by atoms with Gasteiger partial charge in [0.25, 0.3) is 5.91 Å². The Bertz CT molecular complexity index is 538. The van der Waals surface area contributed by atoms with Crippen molar-refractivity contribution in [1.82, 2.24) is 10.2 Å². The summed E-state index contributed by atoms with van der Waals surface area (Å²) in [6.45, 7) is 3.92. The first-order valence-corrected chi connectivity index (χ1v) is 6.38. The lowest BCUT2D eigenvalue weighted by Gasteiger charge is -2.31. The molecular weight excluding hydrogens is 298 g/mol. The molecule has 0 aromatic heterocycles. The molecule has 116 valence electrons. The van der Waals surface area contributed by atoms with E-state index in [1.54, 1.807) is 11.0 Å².